The Balaban J connectivity index is 1.58. The molecule has 0 atom stereocenters. The normalized spacial score (nSPS) is 20.6. The molecule has 0 aliphatic carbocycles. The summed E-state index contributed by atoms with van der Waals surface area (Å²) in [6.07, 6.45) is 5.33. The number of aromatic amines is 1. The van der Waals surface area contributed by atoms with Crippen molar-refractivity contribution in [2.24, 2.45) is 0 Å². The molecule has 1 fully saturated rings. The van der Waals surface area contributed by atoms with E-state index in [4.69, 9.17) is 0 Å². The first-order valence-corrected chi connectivity index (χ1v) is 6.76. The van der Waals surface area contributed by atoms with Gasteiger partial charge in [0.05, 0.1) is 6.54 Å². The first-order valence-electron chi connectivity index (χ1n) is 6.76. The number of tetrazole rings is 1. The lowest BCUT2D eigenvalue weighted by Crippen LogP contribution is -2.41. The molecule has 7 nitrogen and oxygen atoms in total. The van der Waals surface area contributed by atoms with Gasteiger partial charge in [0.2, 0.25) is 11.7 Å². The zero-order valence-electron chi connectivity index (χ0n) is 10.9. The maximum Gasteiger partial charge on any atom is 0.236 e. The number of carbonyl (C=O) groups is 1. The Morgan fingerprint density at radius 3 is 2.89 bits per heavy atom. The highest BCUT2D eigenvalue weighted by molar-refractivity contribution is 5.79. The van der Waals surface area contributed by atoms with E-state index in [-0.39, 0.29) is 5.91 Å². The van der Waals surface area contributed by atoms with Crippen LogP contribution in [0.25, 0.3) is 5.57 Å². The summed E-state index contributed by atoms with van der Waals surface area (Å²) in [6, 6.07) is 0. The average molecular weight is 262 g/mol. The zero-order chi connectivity index (χ0) is 13.1. The Morgan fingerprint density at radius 2 is 2.16 bits per heavy atom. The number of hydrogen-bond acceptors (Lipinski definition) is 5. The van der Waals surface area contributed by atoms with Gasteiger partial charge in [-0.3, -0.25) is 9.69 Å². The molecule has 0 radical (unpaired) electrons. The number of aromatic nitrogens is 4. The maximum atomic E-state index is 12.1. The van der Waals surface area contributed by atoms with E-state index in [0.717, 1.165) is 51.0 Å². The second kappa shape index (κ2) is 5.48. The van der Waals surface area contributed by atoms with E-state index in [1.807, 2.05) is 4.90 Å². The summed E-state index contributed by atoms with van der Waals surface area (Å²) in [5, 5.41) is 14.0. The number of likely N-dealkylation sites (tertiary alicyclic amines) is 1. The maximum absolute atomic E-state index is 12.1. The van der Waals surface area contributed by atoms with Crippen molar-refractivity contribution in [3.8, 4) is 0 Å². The summed E-state index contributed by atoms with van der Waals surface area (Å²) in [7, 11) is 0. The molecular formula is C12H18N6O. The third-order valence-corrected chi connectivity index (χ3v) is 3.68. The third-order valence-electron chi connectivity index (χ3n) is 3.68. The van der Waals surface area contributed by atoms with Gasteiger partial charge in [0, 0.05) is 31.8 Å². The highest BCUT2D eigenvalue weighted by Gasteiger charge is 2.23. The van der Waals surface area contributed by atoms with Crippen molar-refractivity contribution in [1.29, 1.82) is 0 Å². The summed E-state index contributed by atoms with van der Waals surface area (Å²) in [4.78, 5) is 16.2. The molecule has 3 rings (SSSR count). The molecule has 1 N–H and O–H groups in total. The smallest absolute Gasteiger partial charge is 0.236 e. The van der Waals surface area contributed by atoms with Crippen LogP contribution in [0.5, 0.6) is 0 Å². The molecule has 19 heavy (non-hydrogen) atoms. The number of amides is 1. The molecule has 7 heteroatoms. The van der Waals surface area contributed by atoms with Crippen LogP contribution in [0.3, 0.4) is 0 Å². The lowest BCUT2D eigenvalue weighted by atomic mass is 10.1. The molecule has 1 amide bonds. The fraction of sp³-hybridized carbons (Fsp3) is 0.667. The number of H-pyrrole nitrogens is 1. The van der Waals surface area contributed by atoms with Gasteiger partial charge in [-0.15, -0.1) is 10.2 Å². The van der Waals surface area contributed by atoms with Gasteiger partial charge in [0.25, 0.3) is 0 Å². The lowest BCUT2D eigenvalue weighted by Gasteiger charge is -2.27. The van der Waals surface area contributed by atoms with Gasteiger partial charge in [-0.05, 0) is 24.5 Å². The standard InChI is InChI=1S/C12H18N6O/c19-11(18-6-1-2-7-18)9-17-5-3-4-10(8-17)12-13-15-16-14-12/h4H,1-3,5-9H2,(H,13,14,15,16). The molecule has 1 aromatic rings. The minimum atomic E-state index is 0.242. The minimum absolute atomic E-state index is 0.242. The second-order valence-electron chi connectivity index (χ2n) is 5.05. The van der Waals surface area contributed by atoms with Gasteiger partial charge in [-0.25, -0.2) is 0 Å². The zero-order valence-corrected chi connectivity index (χ0v) is 10.9. The fourth-order valence-electron chi connectivity index (χ4n) is 2.66. The van der Waals surface area contributed by atoms with Crippen molar-refractivity contribution in [2.75, 3.05) is 32.7 Å². The predicted octanol–water partition coefficient (Wildman–Crippen LogP) is -0.0888. The average Bonchev–Trinajstić information content (AvgIpc) is 3.13. The Morgan fingerprint density at radius 1 is 1.32 bits per heavy atom. The molecule has 0 unspecified atom stereocenters. The van der Waals surface area contributed by atoms with Gasteiger partial charge >= 0.3 is 0 Å². The van der Waals surface area contributed by atoms with E-state index in [2.05, 4.69) is 31.6 Å². The van der Waals surface area contributed by atoms with E-state index in [1.54, 1.807) is 0 Å². The number of hydrogen-bond donors (Lipinski definition) is 1. The van der Waals surface area contributed by atoms with Crippen molar-refractivity contribution in [3.63, 3.8) is 0 Å². The van der Waals surface area contributed by atoms with Crippen LogP contribution in [-0.2, 0) is 4.79 Å². The summed E-state index contributed by atoms with van der Waals surface area (Å²) in [5.74, 6) is 0.880. The van der Waals surface area contributed by atoms with Crippen molar-refractivity contribution in [1.82, 2.24) is 30.4 Å². The van der Waals surface area contributed by atoms with Gasteiger partial charge in [0.15, 0.2) is 0 Å². The monoisotopic (exact) mass is 262 g/mol. The fourth-order valence-corrected chi connectivity index (χ4v) is 2.66. The van der Waals surface area contributed by atoms with Crippen LogP contribution in [0.15, 0.2) is 6.08 Å². The van der Waals surface area contributed by atoms with Crippen LogP contribution in [0.2, 0.25) is 0 Å². The van der Waals surface area contributed by atoms with E-state index in [1.165, 1.54) is 0 Å². The lowest BCUT2D eigenvalue weighted by molar-refractivity contribution is -0.131. The van der Waals surface area contributed by atoms with Crippen LogP contribution in [0.4, 0.5) is 0 Å². The first kappa shape index (κ1) is 12.3. The Hall–Kier alpha value is -1.76. The minimum Gasteiger partial charge on any atom is -0.342 e. The highest BCUT2D eigenvalue weighted by atomic mass is 16.2. The van der Waals surface area contributed by atoms with Gasteiger partial charge in [0.1, 0.15) is 0 Å². The van der Waals surface area contributed by atoms with Crippen LogP contribution in [0, 0.1) is 0 Å². The van der Waals surface area contributed by atoms with Gasteiger partial charge in [-0.2, -0.15) is 5.21 Å². The summed E-state index contributed by atoms with van der Waals surface area (Å²) in [6.45, 7) is 3.97. The van der Waals surface area contributed by atoms with Crippen LogP contribution < -0.4 is 0 Å². The highest BCUT2D eigenvalue weighted by Crippen LogP contribution is 2.17. The van der Waals surface area contributed by atoms with E-state index in [9.17, 15) is 4.79 Å². The molecule has 2 aliphatic rings. The van der Waals surface area contributed by atoms with Gasteiger partial charge in [-0.1, -0.05) is 6.08 Å². The van der Waals surface area contributed by atoms with E-state index in [0.29, 0.717) is 12.4 Å². The molecule has 102 valence electrons. The quantitative estimate of drug-likeness (QED) is 0.823. The van der Waals surface area contributed by atoms with E-state index < -0.39 is 0 Å². The van der Waals surface area contributed by atoms with Crippen molar-refractivity contribution in [3.05, 3.63) is 11.9 Å². The molecule has 3 heterocycles. The summed E-state index contributed by atoms with van der Waals surface area (Å²) < 4.78 is 0. The molecule has 0 spiro atoms. The largest absolute Gasteiger partial charge is 0.342 e. The van der Waals surface area contributed by atoms with Crippen LogP contribution >= 0.6 is 0 Å². The number of rotatable bonds is 3. The van der Waals surface area contributed by atoms with Crippen LogP contribution in [-0.4, -0.2) is 69.1 Å². The second-order valence-corrected chi connectivity index (χ2v) is 5.05. The van der Waals surface area contributed by atoms with Crippen LogP contribution in [0.1, 0.15) is 25.1 Å². The summed E-state index contributed by atoms with van der Waals surface area (Å²) >= 11 is 0. The molecule has 0 saturated carbocycles. The SMILES string of the molecule is O=C(CN1CCC=C(c2nn[nH]n2)C1)N1CCCC1. The third kappa shape index (κ3) is 2.81. The predicted molar refractivity (Wildman–Crippen MR) is 69.0 cm³/mol. The number of carbonyl (C=O) groups excluding carboxylic acids is 1. The topological polar surface area (TPSA) is 78.0 Å². The van der Waals surface area contributed by atoms with Crippen molar-refractivity contribution in [2.45, 2.75) is 19.3 Å². The molecule has 2 aliphatic heterocycles. The van der Waals surface area contributed by atoms with Crippen molar-refractivity contribution >= 4 is 11.5 Å². The molecule has 1 saturated heterocycles. The van der Waals surface area contributed by atoms with Crippen molar-refractivity contribution < 1.29 is 4.79 Å². The molecule has 1 aromatic heterocycles. The molecular weight excluding hydrogens is 244 g/mol. The Kier molecular flexibility index (Phi) is 3.54. The Labute approximate surface area is 111 Å². The number of nitrogens with zero attached hydrogens (tertiary/aromatic N) is 5. The Bertz CT molecular complexity index is 463. The molecule has 0 bridgehead atoms. The first-order chi connectivity index (χ1) is 9.33. The number of nitrogens with one attached hydrogen (secondary N) is 1. The molecule has 0 aromatic carbocycles. The van der Waals surface area contributed by atoms with E-state index >= 15 is 0 Å². The van der Waals surface area contributed by atoms with Gasteiger partial charge < -0.3 is 4.90 Å². The summed E-state index contributed by atoms with van der Waals surface area (Å²) in [5.41, 5.74) is 1.05.